The Bertz CT molecular complexity index is 730. The summed E-state index contributed by atoms with van der Waals surface area (Å²) in [5.74, 6) is 0.528. The molecule has 2 aromatic rings. The molecule has 2 aromatic carbocycles. The van der Waals surface area contributed by atoms with Crippen molar-refractivity contribution in [2.24, 2.45) is 0 Å². The summed E-state index contributed by atoms with van der Waals surface area (Å²) in [6.45, 7) is 6.27. The van der Waals surface area contributed by atoms with Crippen molar-refractivity contribution in [3.05, 3.63) is 64.7 Å². The topological polar surface area (TPSA) is 50.4 Å². The van der Waals surface area contributed by atoms with Gasteiger partial charge in [-0.05, 0) is 55.0 Å². The number of nitrogens with one attached hydrogen (secondary N) is 2. The van der Waals surface area contributed by atoms with Gasteiger partial charge in [-0.25, -0.2) is 0 Å². The van der Waals surface area contributed by atoms with E-state index in [1.54, 1.807) is 18.2 Å². The summed E-state index contributed by atoms with van der Waals surface area (Å²) < 4.78 is 5.52. The number of amides is 1. The number of halogens is 2. The van der Waals surface area contributed by atoms with E-state index < -0.39 is 0 Å². The van der Waals surface area contributed by atoms with Crippen LogP contribution in [0.1, 0.15) is 6.92 Å². The number of carbonyl (C=O) groups is 1. The molecule has 0 aromatic heterocycles. The van der Waals surface area contributed by atoms with Crippen molar-refractivity contribution in [2.45, 2.75) is 6.92 Å². The summed E-state index contributed by atoms with van der Waals surface area (Å²) in [6.07, 6.45) is 0. The van der Waals surface area contributed by atoms with Gasteiger partial charge in [0.1, 0.15) is 12.4 Å². The fraction of sp³-hybridized carbons (Fsp3) is 0.167. The van der Waals surface area contributed by atoms with Crippen LogP contribution in [0.15, 0.2) is 54.6 Å². The highest BCUT2D eigenvalue weighted by atomic mass is 35.5. The molecule has 0 aliphatic carbocycles. The molecule has 0 radical (unpaired) electrons. The minimum absolute atomic E-state index is 0.106. The average Bonchev–Trinajstić information content (AvgIpc) is 2.55. The lowest BCUT2D eigenvalue weighted by atomic mass is 10.3. The van der Waals surface area contributed by atoms with E-state index in [0.29, 0.717) is 22.3 Å². The van der Waals surface area contributed by atoms with Crippen LogP contribution in [0.4, 0.5) is 11.4 Å². The highest BCUT2D eigenvalue weighted by molar-refractivity contribution is 6.35. The fourth-order valence-electron chi connectivity index (χ4n) is 1.85. The number of hydrogen-bond acceptors (Lipinski definition) is 3. The van der Waals surface area contributed by atoms with E-state index in [4.69, 9.17) is 27.9 Å². The van der Waals surface area contributed by atoms with Crippen molar-refractivity contribution in [3.63, 3.8) is 0 Å². The van der Waals surface area contributed by atoms with Crippen LogP contribution in [0.3, 0.4) is 0 Å². The number of rotatable bonds is 7. The molecule has 2 N–H and O–H groups in total. The first-order valence-corrected chi connectivity index (χ1v) is 8.05. The highest BCUT2D eigenvalue weighted by Gasteiger charge is 2.06. The molecule has 126 valence electrons. The van der Waals surface area contributed by atoms with Crippen molar-refractivity contribution >= 4 is 40.5 Å². The first-order valence-electron chi connectivity index (χ1n) is 7.30. The van der Waals surface area contributed by atoms with E-state index in [1.807, 2.05) is 31.2 Å². The summed E-state index contributed by atoms with van der Waals surface area (Å²) in [5, 5.41) is 6.69. The van der Waals surface area contributed by atoms with Gasteiger partial charge in [0.15, 0.2) is 0 Å². The quantitative estimate of drug-likeness (QED) is 0.679. The van der Waals surface area contributed by atoms with Crippen molar-refractivity contribution in [1.82, 2.24) is 0 Å². The van der Waals surface area contributed by atoms with Gasteiger partial charge in [-0.2, -0.15) is 0 Å². The van der Waals surface area contributed by atoms with Gasteiger partial charge in [0.05, 0.1) is 17.3 Å². The van der Waals surface area contributed by atoms with Gasteiger partial charge in [-0.1, -0.05) is 29.8 Å². The Morgan fingerprint density at radius 1 is 1.17 bits per heavy atom. The Kier molecular flexibility index (Phi) is 6.53. The van der Waals surface area contributed by atoms with Crippen LogP contribution in [0.25, 0.3) is 0 Å². The van der Waals surface area contributed by atoms with E-state index in [-0.39, 0.29) is 12.5 Å². The van der Waals surface area contributed by atoms with E-state index in [2.05, 4.69) is 17.2 Å². The summed E-state index contributed by atoms with van der Waals surface area (Å²) in [7, 11) is 0. The number of benzene rings is 2. The highest BCUT2D eigenvalue weighted by Crippen LogP contribution is 2.25. The second-order valence-corrected chi connectivity index (χ2v) is 6.14. The molecule has 0 aliphatic heterocycles. The number of ether oxygens (including phenoxy) is 1. The number of hydrogen-bond donors (Lipinski definition) is 2. The van der Waals surface area contributed by atoms with E-state index in [1.165, 1.54) is 0 Å². The Morgan fingerprint density at radius 2 is 1.88 bits per heavy atom. The molecule has 0 aliphatic rings. The summed E-state index contributed by atoms with van der Waals surface area (Å²) >= 11 is 11.9. The third-order valence-corrected chi connectivity index (χ3v) is 3.56. The molecular weight excluding hydrogens is 347 g/mol. The van der Waals surface area contributed by atoms with Crippen LogP contribution in [0.2, 0.25) is 10.0 Å². The minimum Gasteiger partial charge on any atom is -0.489 e. The molecule has 24 heavy (non-hydrogen) atoms. The fourth-order valence-corrected chi connectivity index (χ4v) is 2.18. The lowest BCUT2D eigenvalue weighted by Gasteiger charge is -2.10. The second kappa shape index (κ2) is 8.62. The molecule has 0 spiro atoms. The molecule has 0 saturated carbocycles. The van der Waals surface area contributed by atoms with Crippen molar-refractivity contribution in [2.75, 3.05) is 23.8 Å². The van der Waals surface area contributed by atoms with E-state index in [0.717, 1.165) is 17.0 Å². The van der Waals surface area contributed by atoms with Crippen LogP contribution < -0.4 is 15.4 Å². The maximum Gasteiger partial charge on any atom is 0.243 e. The van der Waals surface area contributed by atoms with Gasteiger partial charge in [-0.3, -0.25) is 4.79 Å². The van der Waals surface area contributed by atoms with Gasteiger partial charge in [-0.15, -0.1) is 0 Å². The van der Waals surface area contributed by atoms with Crippen LogP contribution >= 0.6 is 23.2 Å². The molecule has 0 unspecified atom stereocenters. The predicted octanol–water partition coefficient (Wildman–Crippen LogP) is 5.00. The third-order valence-electron chi connectivity index (χ3n) is 3.00. The Hall–Kier alpha value is -2.17. The Balaban J connectivity index is 1.85. The van der Waals surface area contributed by atoms with Gasteiger partial charge in [0.2, 0.25) is 5.91 Å². The molecule has 6 heteroatoms. The number of carbonyl (C=O) groups excluding carboxylic acids is 1. The zero-order chi connectivity index (χ0) is 17.5. The zero-order valence-corrected chi connectivity index (χ0v) is 14.7. The lowest BCUT2D eigenvalue weighted by molar-refractivity contribution is -0.114. The van der Waals surface area contributed by atoms with Crippen LogP contribution in [-0.4, -0.2) is 19.1 Å². The van der Waals surface area contributed by atoms with Crippen molar-refractivity contribution < 1.29 is 9.53 Å². The van der Waals surface area contributed by atoms with Crippen molar-refractivity contribution in [1.29, 1.82) is 0 Å². The molecule has 0 heterocycles. The van der Waals surface area contributed by atoms with E-state index >= 15 is 0 Å². The van der Waals surface area contributed by atoms with Crippen LogP contribution in [0.5, 0.6) is 5.75 Å². The molecule has 0 fully saturated rings. The normalized spacial score (nSPS) is 10.1. The predicted molar refractivity (Wildman–Crippen MR) is 100 cm³/mol. The zero-order valence-electron chi connectivity index (χ0n) is 13.2. The maximum absolute atomic E-state index is 12.0. The third kappa shape index (κ3) is 5.80. The van der Waals surface area contributed by atoms with Gasteiger partial charge < -0.3 is 15.4 Å². The first-order chi connectivity index (χ1) is 11.4. The van der Waals surface area contributed by atoms with E-state index in [9.17, 15) is 4.79 Å². The lowest BCUT2D eigenvalue weighted by Crippen LogP contribution is -2.21. The molecule has 1 amide bonds. The van der Waals surface area contributed by atoms with Crippen molar-refractivity contribution in [3.8, 4) is 5.75 Å². The van der Waals surface area contributed by atoms with Gasteiger partial charge in [0, 0.05) is 10.7 Å². The molecule has 2 rings (SSSR count). The van der Waals surface area contributed by atoms with Gasteiger partial charge >= 0.3 is 0 Å². The number of anilines is 2. The molecule has 0 bridgehead atoms. The monoisotopic (exact) mass is 364 g/mol. The summed E-state index contributed by atoms with van der Waals surface area (Å²) in [6, 6.07) is 12.2. The standard InChI is InChI=1S/C18H18Cl2N2O2/c1-12(2)11-24-15-6-4-14(5-7-15)21-10-18(23)22-17-9-13(19)3-8-16(17)20/h3-9,21H,1,10-11H2,2H3,(H,22,23). The largest absolute Gasteiger partial charge is 0.489 e. The Labute approximate surface area is 151 Å². The average molecular weight is 365 g/mol. The molecular formula is C18H18Cl2N2O2. The summed E-state index contributed by atoms with van der Waals surface area (Å²) in [4.78, 5) is 12.0. The second-order valence-electron chi connectivity index (χ2n) is 5.30. The molecule has 4 nitrogen and oxygen atoms in total. The smallest absolute Gasteiger partial charge is 0.243 e. The summed E-state index contributed by atoms with van der Waals surface area (Å²) in [5.41, 5.74) is 2.25. The first kappa shape index (κ1) is 18.2. The van der Waals surface area contributed by atoms with Crippen LogP contribution in [0, 0.1) is 0 Å². The molecule has 0 saturated heterocycles. The Morgan fingerprint density at radius 3 is 2.54 bits per heavy atom. The molecule has 0 atom stereocenters. The minimum atomic E-state index is -0.221. The van der Waals surface area contributed by atoms with Gasteiger partial charge in [0.25, 0.3) is 0 Å². The maximum atomic E-state index is 12.0. The SMILES string of the molecule is C=C(C)COc1ccc(NCC(=O)Nc2cc(Cl)ccc2Cl)cc1. The van der Waals surface area contributed by atoms with Crippen LogP contribution in [-0.2, 0) is 4.79 Å².